The molecule has 1 fully saturated rings. The van der Waals surface area contributed by atoms with Crippen LogP contribution in [0.5, 0.6) is 0 Å². The quantitative estimate of drug-likeness (QED) is 0.582. The summed E-state index contributed by atoms with van der Waals surface area (Å²) < 4.78 is 80.5. The van der Waals surface area contributed by atoms with E-state index in [-0.39, 0.29) is 0 Å². The minimum atomic E-state index is -5.91. The van der Waals surface area contributed by atoms with Crippen molar-refractivity contribution in [3.05, 3.63) is 0 Å². The van der Waals surface area contributed by atoms with Crippen molar-refractivity contribution in [3.8, 4) is 0 Å². The molecule has 0 heterocycles. The third kappa shape index (κ3) is 4.77. The lowest BCUT2D eigenvalue weighted by Gasteiger charge is -2.34. The van der Waals surface area contributed by atoms with E-state index < -0.39 is 42.4 Å². The number of aliphatic hydroxyl groups is 1. The SMILES string of the molecule is CCC1CCC(C(=O)OC(C)CC(O)(C(F)(F)F)C(F)(F)F)CC1. The predicted octanol–water partition coefficient (Wildman–Crippen LogP) is 4.38. The molecule has 1 N–H and O–H groups in total. The van der Waals surface area contributed by atoms with E-state index in [0.717, 1.165) is 26.2 Å². The highest BCUT2D eigenvalue weighted by atomic mass is 19.4. The molecule has 0 spiro atoms. The van der Waals surface area contributed by atoms with Gasteiger partial charge in [-0.25, -0.2) is 0 Å². The zero-order valence-corrected chi connectivity index (χ0v) is 13.5. The van der Waals surface area contributed by atoms with Gasteiger partial charge in [0.25, 0.3) is 5.60 Å². The number of rotatable bonds is 5. The van der Waals surface area contributed by atoms with Gasteiger partial charge in [0.1, 0.15) is 6.10 Å². The first-order valence-corrected chi connectivity index (χ1v) is 7.88. The molecule has 9 heteroatoms. The molecular weight excluding hydrogens is 342 g/mol. The van der Waals surface area contributed by atoms with Crippen molar-refractivity contribution in [2.24, 2.45) is 11.8 Å². The number of hydrogen-bond donors (Lipinski definition) is 1. The van der Waals surface area contributed by atoms with Gasteiger partial charge in [-0.15, -0.1) is 0 Å². The van der Waals surface area contributed by atoms with Crippen LogP contribution in [0.15, 0.2) is 0 Å². The first-order valence-electron chi connectivity index (χ1n) is 7.88. The van der Waals surface area contributed by atoms with Gasteiger partial charge in [-0.1, -0.05) is 13.3 Å². The molecule has 0 bridgehead atoms. The zero-order valence-electron chi connectivity index (χ0n) is 13.5. The molecule has 1 aliphatic rings. The monoisotopic (exact) mass is 364 g/mol. The van der Waals surface area contributed by atoms with Crippen molar-refractivity contribution < 1.29 is 41.0 Å². The number of alkyl halides is 6. The minimum absolute atomic E-state index is 0.479. The molecule has 0 amide bonds. The third-order valence-corrected chi connectivity index (χ3v) is 4.60. The first-order chi connectivity index (χ1) is 10.8. The molecule has 24 heavy (non-hydrogen) atoms. The van der Waals surface area contributed by atoms with E-state index in [9.17, 15) is 31.1 Å². The van der Waals surface area contributed by atoms with Crippen molar-refractivity contribution in [1.82, 2.24) is 0 Å². The Morgan fingerprint density at radius 3 is 1.92 bits per heavy atom. The average molecular weight is 364 g/mol. The summed E-state index contributed by atoms with van der Waals surface area (Å²) in [5, 5.41) is 9.10. The van der Waals surface area contributed by atoms with Crippen molar-refractivity contribution in [3.63, 3.8) is 0 Å². The maximum Gasteiger partial charge on any atom is 0.426 e. The Labute approximate surface area is 136 Å². The molecule has 0 aromatic heterocycles. The molecule has 0 aromatic rings. The number of halogens is 6. The molecule has 1 atom stereocenters. The predicted molar refractivity (Wildman–Crippen MR) is 73.0 cm³/mol. The van der Waals surface area contributed by atoms with Crippen LogP contribution in [0.25, 0.3) is 0 Å². The summed E-state index contributed by atoms with van der Waals surface area (Å²) in [7, 11) is 0. The zero-order chi connectivity index (χ0) is 18.8. The fraction of sp³-hybridized carbons (Fsp3) is 0.933. The Balaban J connectivity index is 2.67. The standard InChI is InChI=1S/C15H22F6O3/c1-3-10-4-6-11(7-5-10)12(22)24-9(2)8-13(23,14(16,17)18)15(19,20)21/h9-11,23H,3-8H2,1-2H3. The lowest BCUT2D eigenvalue weighted by atomic mass is 9.81. The second-order valence-corrected chi connectivity index (χ2v) is 6.43. The molecule has 0 aromatic carbocycles. The number of carbonyl (C=O) groups excluding carboxylic acids is 1. The number of esters is 1. The van der Waals surface area contributed by atoms with Crippen molar-refractivity contribution in [1.29, 1.82) is 0 Å². The molecule has 0 radical (unpaired) electrons. The summed E-state index contributed by atoms with van der Waals surface area (Å²) in [4.78, 5) is 11.9. The van der Waals surface area contributed by atoms with Crippen LogP contribution in [0.3, 0.4) is 0 Å². The molecule has 0 aliphatic heterocycles. The molecule has 0 saturated heterocycles. The fourth-order valence-corrected chi connectivity index (χ4v) is 2.95. The fourth-order valence-electron chi connectivity index (χ4n) is 2.95. The van der Waals surface area contributed by atoms with Crippen LogP contribution in [-0.2, 0) is 9.53 Å². The lowest BCUT2D eigenvalue weighted by molar-refractivity contribution is -0.373. The molecule has 3 nitrogen and oxygen atoms in total. The summed E-state index contributed by atoms with van der Waals surface area (Å²) in [5.74, 6) is -0.837. The van der Waals surface area contributed by atoms with Crippen LogP contribution in [0.2, 0.25) is 0 Å². The van der Waals surface area contributed by atoms with Crippen LogP contribution in [0.4, 0.5) is 26.3 Å². The van der Waals surface area contributed by atoms with Gasteiger partial charge in [0.15, 0.2) is 0 Å². The first kappa shape index (κ1) is 21.1. The third-order valence-electron chi connectivity index (χ3n) is 4.60. The normalized spacial score (nSPS) is 24.5. The van der Waals surface area contributed by atoms with Crippen LogP contribution >= 0.6 is 0 Å². The van der Waals surface area contributed by atoms with Gasteiger partial charge >= 0.3 is 18.3 Å². The summed E-state index contributed by atoms with van der Waals surface area (Å²) in [5.41, 5.74) is -4.90. The van der Waals surface area contributed by atoms with Crippen molar-refractivity contribution >= 4 is 5.97 Å². The molecule has 1 saturated carbocycles. The van der Waals surface area contributed by atoms with Crippen molar-refractivity contribution in [2.75, 3.05) is 0 Å². The molecule has 1 rings (SSSR count). The summed E-state index contributed by atoms with van der Waals surface area (Å²) in [6.07, 6.45) is -11.8. The van der Waals surface area contributed by atoms with E-state index in [1.807, 2.05) is 6.92 Å². The molecule has 142 valence electrons. The summed E-state index contributed by atoms with van der Waals surface area (Å²) >= 11 is 0. The highest BCUT2D eigenvalue weighted by Crippen LogP contribution is 2.46. The van der Waals surface area contributed by atoms with Gasteiger partial charge in [-0.05, 0) is 38.5 Å². The Kier molecular flexibility index (Phi) is 6.57. The van der Waals surface area contributed by atoms with Crippen LogP contribution in [0, 0.1) is 11.8 Å². The largest absolute Gasteiger partial charge is 0.462 e. The second-order valence-electron chi connectivity index (χ2n) is 6.43. The van der Waals surface area contributed by atoms with Crippen LogP contribution < -0.4 is 0 Å². The summed E-state index contributed by atoms with van der Waals surface area (Å²) in [6.45, 7) is 2.93. The Morgan fingerprint density at radius 2 is 1.54 bits per heavy atom. The molecule has 1 aliphatic carbocycles. The average Bonchev–Trinajstić information content (AvgIpc) is 2.44. The highest BCUT2D eigenvalue weighted by molar-refractivity contribution is 5.72. The topological polar surface area (TPSA) is 46.5 Å². The number of ether oxygens (including phenoxy) is 1. The Bertz CT molecular complexity index is 410. The Morgan fingerprint density at radius 1 is 1.08 bits per heavy atom. The van der Waals surface area contributed by atoms with Gasteiger partial charge in [0.05, 0.1) is 5.92 Å². The molecule has 1 unspecified atom stereocenters. The van der Waals surface area contributed by atoms with E-state index in [4.69, 9.17) is 9.84 Å². The van der Waals surface area contributed by atoms with Gasteiger partial charge in [0.2, 0.25) is 0 Å². The smallest absolute Gasteiger partial charge is 0.426 e. The second kappa shape index (κ2) is 7.49. The highest BCUT2D eigenvalue weighted by Gasteiger charge is 2.70. The van der Waals surface area contributed by atoms with Gasteiger partial charge in [-0.3, -0.25) is 4.79 Å². The molecular formula is C15H22F6O3. The van der Waals surface area contributed by atoms with Crippen LogP contribution in [-0.4, -0.2) is 35.1 Å². The summed E-state index contributed by atoms with van der Waals surface area (Å²) in [6, 6.07) is 0. The van der Waals surface area contributed by atoms with Gasteiger partial charge in [-0.2, -0.15) is 26.3 Å². The van der Waals surface area contributed by atoms with E-state index >= 15 is 0 Å². The van der Waals surface area contributed by atoms with E-state index in [2.05, 4.69) is 0 Å². The van der Waals surface area contributed by atoms with E-state index in [0.29, 0.717) is 18.8 Å². The maximum atomic E-state index is 12.6. The minimum Gasteiger partial charge on any atom is -0.462 e. The van der Waals surface area contributed by atoms with E-state index in [1.165, 1.54) is 0 Å². The van der Waals surface area contributed by atoms with Gasteiger partial charge < -0.3 is 9.84 Å². The lowest BCUT2D eigenvalue weighted by Crippen LogP contribution is -2.58. The number of carbonyl (C=O) groups is 1. The van der Waals surface area contributed by atoms with E-state index in [1.54, 1.807) is 0 Å². The van der Waals surface area contributed by atoms with Crippen molar-refractivity contribution in [2.45, 2.75) is 76.4 Å². The Hall–Kier alpha value is -0.990. The number of hydrogen-bond acceptors (Lipinski definition) is 3. The van der Waals surface area contributed by atoms with Gasteiger partial charge in [0, 0.05) is 6.42 Å². The maximum absolute atomic E-state index is 12.6. The van der Waals surface area contributed by atoms with Crippen LogP contribution in [0.1, 0.15) is 52.4 Å².